The lowest BCUT2D eigenvalue weighted by atomic mass is 10.1. The van der Waals surface area contributed by atoms with Crippen LogP contribution in [0.25, 0.3) is 0 Å². The summed E-state index contributed by atoms with van der Waals surface area (Å²) in [6, 6.07) is 6.96. The van der Waals surface area contributed by atoms with Crippen molar-refractivity contribution in [3.63, 3.8) is 0 Å². The third-order valence-electron chi connectivity index (χ3n) is 4.05. The minimum atomic E-state index is -0.0847. The predicted molar refractivity (Wildman–Crippen MR) is 74.3 cm³/mol. The maximum atomic E-state index is 11.3. The van der Waals surface area contributed by atoms with E-state index in [1.807, 2.05) is 12.1 Å². The molecule has 0 bridgehead atoms. The fourth-order valence-corrected chi connectivity index (χ4v) is 2.69. The molecule has 1 aliphatic heterocycles. The first kappa shape index (κ1) is 12.5. The number of anilines is 1. The summed E-state index contributed by atoms with van der Waals surface area (Å²) in [6.07, 6.45) is 2.53. The van der Waals surface area contributed by atoms with Crippen molar-refractivity contribution in [3.05, 3.63) is 23.8 Å². The SMILES string of the molecule is CCC1CC1NC(C)c1ccc2c(c1)NC(=O)CO2. The van der Waals surface area contributed by atoms with Crippen molar-refractivity contribution in [2.45, 2.75) is 38.8 Å². The molecular weight excluding hydrogens is 240 g/mol. The molecule has 1 aromatic carbocycles. The Labute approximate surface area is 113 Å². The van der Waals surface area contributed by atoms with E-state index in [4.69, 9.17) is 4.74 Å². The monoisotopic (exact) mass is 260 g/mol. The minimum absolute atomic E-state index is 0.0847. The number of hydrogen-bond acceptors (Lipinski definition) is 3. The highest BCUT2D eigenvalue weighted by molar-refractivity contribution is 5.95. The van der Waals surface area contributed by atoms with Gasteiger partial charge in [-0.15, -0.1) is 0 Å². The highest BCUT2D eigenvalue weighted by Gasteiger charge is 2.36. The average Bonchev–Trinajstić information content (AvgIpc) is 3.16. The summed E-state index contributed by atoms with van der Waals surface area (Å²) in [7, 11) is 0. The van der Waals surface area contributed by atoms with Crippen LogP contribution in [-0.2, 0) is 4.79 Å². The van der Waals surface area contributed by atoms with Crippen LogP contribution < -0.4 is 15.4 Å². The van der Waals surface area contributed by atoms with Crippen LogP contribution in [0.3, 0.4) is 0 Å². The molecule has 3 rings (SSSR count). The van der Waals surface area contributed by atoms with Crippen LogP contribution in [0, 0.1) is 5.92 Å². The van der Waals surface area contributed by atoms with Gasteiger partial charge >= 0.3 is 0 Å². The van der Waals surface area contributed by atoms with Crippen molar-refractivity contribution < 1.29 is 9.53 Å². The Morgan fingerprint density at radius 3 is 3.11 bits per heavy atom. The van der Waals surface area contributed by atoms with Crippen LogP contribution >= 0.6 is 0 Å². The smallest absolute Gasteiger partial charge is 0.262 e. The summed E-state index contributed by atoms with van der Waals surface area (Å²) < 4.78 is 5.37. The topological polar surface area (TPSA) is 50.4 Å². The molecule has 0 aromatic heterocycles. The van der Waals surface area contributed by atoms with Gasteiger partial charge in [0.15, 0.2) is 6.61 Å². The fraction of sp³-hybridized carbons (Fsp3) is 0.533. The van der Waals surface area contributed by atoms with E-state index in [1.165, 1.54) is 18.4 Å². The molecule has 2 N–H and O–H groups in total. The third kappa shape index (κ3) is 2.59. The third-order valence-corrected chi connectivity index (χ3v) is 4.05. The van der Waals surface area contributed by atoms with Gasteiger partial charge in [-0.25, -0.2) is 0 Å². The maximum Gasteiger partial charge on any atom is 0.262 e. The van der Waals surface area contributed by atoms with E-state index in [-0.39, 0.29) is 12.5 Å². The van der Waals surface area contributed by atoms with Crippen LogP contribution in [0.1, 0.15) is 38.3 Å². The maximum absolute atomic E-state index is 11.3. The van der Waals surface area contributed by atoms with Crippen molar-refractivity contribution in [1.29, 1.82) is 0 Å². The highest BCUT2D eigenvalue weighted by atomic mass is 16.5. The van der Waals surface area contributed by atoms with Crippen molar-refractivity contribution in [2.75, 3.05) is 11.9 Å². The zero-order chi connectivity index (χ0) is 13.4. The van der Waals surface area contributed by atoms with Gasteiger partial charge in [-0.1, -0.05) is 19.4 Å². The summed E-state index contributed by atoms with van der Waals surface area (Å²) in [5.74, 6) is 1.51. The van der Waals surface area contributed by atoms with Gasteiger partial charge in [0, 0.05) is 12.1 Å². The first-order valence-electron chi connectivity index (χ1n) is 7.00. The van der Waals surface area contributed by atoms with Gasteiger partial charge in [-0.3, -0.25) is 4.79 Å². The molecule has 102 valence electrons. The molecule has 1 fully saturated rings. The average molecular weight is 260 g/mol. The highest BCUT2D eigenvalue weighted by Crippen LogP contribution is 2.36. The van der Waals surface area contributed by atoms with Crippen LogP contribution in [0.5, 0.6) is 5.75 Å². The summed E-state index contributed by atoms with van der Waals surface area (Å²) in [4.78, 5) is 11.3. The Kier molecular flexibility index (Phi) is 3.19. The van der Waals surface area contributed by atoms with Crippen molar-refractivity contribution in [1.82, 2.24) is 5.32 Å². The molecule has 1 amide bonds. The molecule has 0 saturated heterocycles. The lowest BCUT2D eigenvalue weighted by Crippen LogP contribution is -2.26. The van der Waals surface area contributed by atoms with E-state index in [0.717, 1.165) is 17.4 Å². The molecule has 2 aliphatic rings. The number of rotatable bonds is 4. The van der Waals surface area contributed by atoms with Gasteiger partial charge in [0.05, 0.1) is 5.69 Å². The van der Waals surface area contributed by atoms with Gasteiger partial charge in [-0.05, 0) is 37.0 Å². The Hall–Kier alpha value is -1.55. The normalized spacial score (nSPS) is 26.1. The molecule has 0 spiro atoms. The van der Waals surface area contributed by atoms with E-state index >= 15 is 0 Å². The lowest BCUT2D eigenvalue weighted by Gasteiger charge is -2.21. The molecule has 1 heterocycles. The number of carbonyl (C=O) groups excluding carboxylic acids is 1. The van der Waals surface area contributed by atoms with E-state index in [0.29, 0.717) is 12.1 Å². The molecule has 3 unspecified atom stereocenters. The van der Waals surface area contributed by atoms with Gasteiger partial charge in [0.1, 0.15) is 5.75 Å². The number of carbonyl (C=O) groups is 1. The fourth-order valence-electron chi connectivity index (χ4n) is 2.69. The van der Waals surface area contributed by atoms with E-state index < -0.39 is 0 Å². The van der Waals surface area contributed by atoms with Crippen LogP contribution in [-0.4, -0.2) is 18.6 Å². The van der Waals surface area contributed by atoms with Crippen LogP contribution in [0.2, 0.25) is 0 Å². The Morgan fingerprint density at radius 1 is 1.53 bits per heavy atom. The first-order chi connectivity index (χ1) is 9.17. The van der Waals surface area contributed by atoms with E-state index in [9.17, 15) is 4.79 Å². The Balaban J connectivity index is 1.71. The molecule has 1 aromatic rings. The Bertz CT molecular complexity index is 501. The van der Waals surface area contributed by atoms with Crippen LogP contribution in [0.4, 0.5) is 5.69 Å². The summed E-state index contributed by atoms with van der Waals surface area (Å²) in [5, 5.41) is 6.49. The number of amides is 1. The van der Waals surface area contributed by atoms with Crippen molar-refractivity contribution >= 4 is 11.6 Å². The largest absolute Gasteiger partial charge is 0.482 e. The quantitative estimate of drug-likeness (QED) is 0.874. The number of benzene rings is 1. The second-order valence-electron chi connectivity index (χ2n) is 5.49. The van der Waals surface area contributed by atoms with Crippen molar-refractivity contribution in [2.24, 2.45) is 5.92 Å². The summed E-state index contributed by atoms with van der Waals surface area (Å²) in [5.41, 5.74) is 1.97. The number of ether oxygens (including phenoxy) is 1. The molecule has 3 atom stereocenters. The minimum Gasteiger partial charge on any atom is -0.482 e. The second-order valence-corrected chi connectivity index (χ2v) is 5.49. The van der Waals surface area contributed by atoms with Gasteiger partial charge in [0.2, 0.25) is 0 Å². The number of hydrogen-bond donors (Lipinski definition) is 2. The molecule has 1 saturated carbocycles. The zero-order valence-corrected chi connectivity index (χ0v) is 11.4. The molecule has 0 radical (unpaired) electrons. The molecule has 4 nitrogen and oxygen atoms in total. The predicted octanol–water partition coefficient (Wildman–Crippen LogP) is 2.47. The molecule has 1 aliphatic carbocycles. The number of nitrogens with one attached hydrogen (secondary N) is 2. The summed E-state index contributed by atoms with van der Waals surface area (Å²) >= 11 is 0. The zero-order valence-electron chi connectivity index (χ0n) is 11.4. The standard InChI is InChI=1S/C15H20N2O2/c1-3-10-6-12(10)16-9(2)11-4-5-14-13(7-11)17-15(18)8-19-14/h4-5,7,9-10,12,16H,3,6,8H2,1-2H3,(H,17,18). The molecule has 4 heteroatoms. The van der Waals surface area contributed by atoms with Crippen molar-refractivity contribution in [3.8, 4) is 5.75 Å². The van der Waals surface area contributed by atoms with Gasteiger partial charge < -0.3 is 15.4 Å². The second kappa shape index (κ2) is 4.85. The molecular formula is C15H20N2O2. The van der Waals surface area contributed by atoms with E-state index in [2.05, 4.69) is 30.5 Å². The first-order valence-corrected chi connectivity index (χ1v) is 7.00. The summed E-state index contributed by atoms with van der Waals surface area (Å²) in [6.45, 7) is 4.52. The van der Waals surface area contributed by atoms with Crippen LogP contribution in [0.15, 0.2) is 18.2 Å². The van der Waals surface area contributed by atoms with Gasteiger partial charge in [-0.2, -0.15) is 0 Å². The van der Waals surface area contributed by atoms with Gasteiger partial charge in [0.25, 0.3) is 5.91 Å². The molecule has 19 heavy (non-hydrogen) atoms. The Morgan fingerprint density at radius 2 is 2.37 bits per heavy atom. The number of fused-ring (bicyclic) bond motifs is 1. The lowest BCUT2D eigenvalue weighted by molar-refractivity contribution is -0.118. The van der Waals surface area contributed by atoms with E-state index in [1.54, 1.807) is 0 Å².